The molecule has 0 heterocycles. The van der Waals surface area contributed by atoms with Crippen molar-refractivity contribution in [3.8, 4) is 0 Å². The van der Waals surface area contributed by atoms with Crippen LogP contribution >= 0.6 is 0 Å². The van der Waals surface area contributed by atoms with Gasteiger partial charge in [0.05, 0.1) is 0 Å². The highest BCUT2D eigenvalue weighted by atomic mass is 32.3. The molecule has 0 radical (unpaired) electrons. The number of hydrogen-bond donors (Lipinski definition) is 3. The summed E-state index contributed by atoms with van der Waals surface area (Å²) >= 11 is 0. The molecule has 3 N–H and O–H groups in total. The van der Waals surface area contributed by atoms with Gasteiger partial charge in [-0.05, 0) is 13.1 Å². The van der Waals surface area contributed by atoms with Crippen molar-refractivity contribution in [3.05, 3.63) is 0 Å². The van der Waals surface area contributed by atoms with Crippen LogP contribution in [-0.2, 0) is 10.4 Å². The fourth-order valence-corrected chi connectivity index (χ4v) is 0. The van der Waals surface area contributed by atoms with Crippen molar-refractivity contribution in [3.63, 3.8) is 0 Å². The van der Waals surface area contributed by atoms with Crippen LogP contribution in [0.25, 0.3) is 0 Å². The average Bonchev–Trinajstić information content (AvgIpc) is 1.27. The van der Waals surface area contributed by atoms with E-state index in [0.29, 0.717) is 0 Å². The molecule has 0 aliphatic carbocycles. The molecule has 0 aromatic heterocycles. The molecule has 0 aliphatic heterocycles. The summed E-state index contributed by atoms with van der Waals surface area (Å²) in [4.78, 5) is 0. The second-order valence-corrected chi connectivity index (χ2v) is 1.63. The lowest BCUT2D eigenvalue weighted by molar-refractivity contribution is 0.381. The standard InChI is InChI=1S/C2H5N.H2O4S/c1-2-3;1-5(2,3)4/h2-3H,1H3;(H2,1,2,3,4). The first-order valence-corrected chi connectivity index (χ1v) is 2.96. The van der Waals surface area contributed by atoms with Crippen LogP contribution in [0.15, 0.2) is 0 Å². The SMILES string of the molecule is CC=N.O=S(=O)(O)O. The average molecular weight is 141 g/mol. The molecule has 0 aliphatic rings. The Morgan fingerprint density at radius 3 is 1.50 bits per heavy atom. The van der Waals surface area contributed by atoms with Gasteiger partial charge in [0, 0.05) is 0 Å². The number of nitrogens with one attached hydrogen (secondary N) is 1. The second-order valence-electron chi connectivity index (χ2n) is 0.737. The van der Waals surface area contributed by atoms with Gasteiger partial charge < -0.3 is 5.41 Å². The second kappa shape index (κ2) is 4.69. The highest BCUT2D eigenvalue weighted by Gasteiger charge is 1.84. The van der Waals surface area contributed by atoms with Crippen LogP contribution < -0.4 is 0 Å². The van der Waals surface area contributed by atoms with E-state index in [4.69, 9.17) is 22.9 Å². The van der Waals surface area contributed by atoms with Crippen molar-refractivity contribution in [1.82, 2.24) is 0 Å². The molecule has 5 nitrogen and oxygen atoms in total. The molecule has 0 aromatic carbocycles. The summed E-state index contributed by atoms with van der Waals surface area (Å²) in [5, 5.41) is 6.08. The Kier molecular flexibility index (Phi) is 6.16. The number of rotatable bonds is 0. The third kappa shape index (κ3) is 540. The van der Waals surface area contributed by atoms with E-state index in [2.05, 4.69) is 0 Å². The monoisotopic (exact) mass is 141 g/mol. The maximum Gasteiger partial charge on any atom is 0.394 e. The molecule has 0 rings (SSSR count). The summed E-state index contributed by atoms with van der Waals surface area (Å²) in [6, 6.07) is 0. The highest BCUT2D eigenvalue weighted by molar-refractivity contribution is 7.79. The van der Waals surface area contributed by atoms with Gasteiger partial charge in [0.1, 0.15) is 0 Å². The van der Waals surface area contributed by atoms with Gasteiger partial charge in [-0.1, -0.05) is 0 Å². The lowest BCUT2D eigenvalue weighted by Gasteiger charge is -1.68. The van der Waals surface area contributed by atoms with E-state index in [1.54, 1.807) is 6.92 Å². The van der Waals surface area contributed by atoms with E-state index in [1.807, 2.05) is 0 Å². The molecular weight excluding hydrogens is 134 g/mol. The van der Waals surface area contributed by atoms with E-state index >= 15 is 0 Å². The first-order chi connectivity index (χ1) is 3.41. The normalized spacial score (nSPS) is 8.88. The Labute approximate surface area is 47.4 Å². The van der Waals surface area contributed by atoms with Crippen LogP contribution in [-0.4, -0.2) is 23.7 Å². The lowest BCUT2D eigenvalue weighted by Crippen LogP contribution is -1.89. The van der Waals surface area contributed by atoms with Crippen LogP contribution in [0.3, 0.4) is 0 Å². The summed E-state index contributed by atoms with van der Waals surface area (Å²) in [7, 11) is -4.67. The Bertz CT molecular complexity index is 128. The topological polar surface area (TPSA) is 98.5 Å². The van der Waals surface area contributed by atoms with Crippen molar-refractivity contribution < 1.29 is 17.5 Å². The maximum atomic E-state index is 8.74. The van der Waals surface area contributed by atoms with Gasteiger partial charge in [0.2, 0.25) is 0 Å². The highest BCUT2D eigenvalue weighted by Crippen LogP contribution is 1.59. The quantitative estimate of drug-likeness (QED) is 0.326. The zero-order valence-corrected chi connectivity index (χ0v) is 5.01. The molecular formula is C2H7NO4S. The molecule has 0 fully saturated rings. The van der Waals surface area contributed by atoms with Crippen molar-refractivity contribution in [1.29, 1.82) is 5.41 Å². The van der Waals surface area contributed by atoms with Crippen molar-refractivity contribution in [2.24, 2.45) is 0 Å². The van der Waals surface area contributed by atoms with Gasteiger partial charge in [-0.15, -0.1) is 0 Å². The van der Waals surface area contributed by atoms with E-state index in [9.17, 15) is 0 Å². The predicted molar refractivity (Wildman–Crippen MR) is 28.6 cm³/mol. The van der Waals surface area contributed by atoms with E-state index < -0.39 is 10.4 Å². The molecule has 0 aromatic rings. The van der Waals surface area contributed by atoms with Crippen LogP contribution in [0, 0.1) is 5.41 Å². The van der Waals surface area contributed by atoms with Crippen molar-refractivity contribution in [2.45, 2.75) is 6.92 Å². The Balaban J connectivity index is 0. The molecule has 0 spiro atoms. The largest absolute Gasteiger partial charge is 0.394 e. The molecule has 50 valence electrons. The predicted octanol–water partition coefficient (Wildman–Crippen LogP) is 0.00307. The molecule has 0 amide bonds. The first kappa shape index (κ1) is 10.5. The minimum absolute atomic E-state index is 1.25. The van der Waals surface area contributed by atoms with Crippen LogP contribution in [0.5, 0.6) is 0 Å². The van der Waals surface area contributed by atoms with Gasteiger partial charge in [0.15, 0.2) is 0 Å². The zero-order valence-electron chi connectivity index (χ0n) is 4.20. The molecule has 8 heavy (non-hydrogen) atoms. The van der Waals surface area contributed by atoms with Gasteiger partial charge in [-0.2, -0.15) is 8.42 Å². The van der Waals surface area contributed by atoms with Gasteiger partial charge >= 0.3 is 10.4 Å². The van der Waals surface area contributed by atoms with Crippen molar-refractivity contribution in [2.75, 3.05) is 0 Å². The fraction of sp³-hybridized carbons (Fsp3) is 0.500. The fourth-order valence-electron chi connectivity index (χ4n) is 0. The lowest BCUT2D eigenvalue weighted by atomic mass is 10.9. The van der Waals surface area contributed by atoms with Crippen LogP contribution in [0.2, 0.25) is 0 Å². The number of hydrogen-bond acceptors (Lipinski definition) is 3. The zero-order chi connectivity index (χ0) is 7.21. The minimum Gasteiger partial charge on any atom is -0.313 e. The molecule has 0 saturated carbocycles. The minimum atomic E-state index is -4.67. The van der Waals surface area contributed by atoms with Crippen molar-refractivity contribution >= 4 is 16.6 Å². The Morgan fingerprint density at radius 2 is 1.50 bits per heavy atom. The van der Waals surface area contributed by atoms with E-state index in [-0.39, 0.29) is 0 Å². The van der Waals surface area contributed by atoms with E-state index in [0.717, 1.165) is 0 Å². The van der Waals surface area contributed by atoms with Gasteiger partial charge in [0.25, 0.3) is 0 Å². The smallest absolute Gasteiger partial charge is 0.313 e. The molecule has 0 bridgehead atoms. The summed E-state index contributed by atoms with van der Waals surface area (Å²) in [6.07, 6.45) is 1.25. The molecule has 0 saturated heterocycles. The molecule has 0 atom stereocenters. The third-order valence-electron chi connectivity index (χ3n) is 0. The molecule has 0 unspecified atom stereocenters. The maximum absolute atomic E-state index is 8.74. The van der Waals surface area contributed by atoms with Crippen LogP contribution in [0.4, 0.5) is 0 Å². The first-order valence-electron chi connectivity index (χ1n) is 1.56. The van der Waals surface area contributed by atoms with Crippen LogP contribution in [0.1, 0.15) is 6.92 Å². The van der Waals surface area contributed by atoms with Gasteiger partial charge in [-0.3, -0.25) is 9.11 Å². The van der Waals surface area contributed by atoms with E-state index in [1.165, 1.54) is 6.21 Å². The summed E-state index contributed by atoms with van der Waals surface area (Å²) < 4.78 is 31.6. The summed E-state index contributed by atoms with van der Waals surface area (Å²) in [5.41, 5.74) is 0. The summed E-state index contributed by atoms with van der Waals surface area (Å²) in [6.45, 7) is 1.67. The third-order valence-corrected chi connectivity index (χ3v) is 0. The van der Waals surface area contributed by atoms with Gasteiger partial charge in [-0.25, -0.2) is 0 Å². The Morgan fingerprint density at radius 1 is 1.50 bits per heavy atom. The molecule has 6 heteroatoms. The Hall–Kier alpha value is -0.460. The summed E-state index contributed by atoms with van der Waals surface area (Å²) in [5.74, 6) is 0.